The van der Waals surface area contributed by atoms with Crippen LogP contribution in [-0.2, 0) is 9.63 Å². The third kappa shape index (κ3) is 3.36. The van der Waals surface area contributed by atoms with Gasteiger partial charge < -0.3 is 4.84 Å². The van der Waals surface area contributed by atoms with Crippen LogP contribution in [0.25, 0.3) is 0 Å². The maximum atomic E-state index is 10.1. The Morgan fingerprint density at radius 1 is 1.88 bits per heavy atom. The second kappa shape index (κ2) is 4.33. The van der Waals surface area contributed by atoms with Crippen molar-refractivity contribution in [3.05, 3.63) is 12.2 Å². The van der Waals surface area contributed by atoms with Crippen molar-refractivity contribution in [3.8, 4) is 0 Å². The Labute approximate surface area is 48.1 Å². The maximum absolute atomic E-state index is 10.1. The number of nitrogens with two attached hydrogens (primary N) is 1. The molecule has 3 nitrogen and oxygen atoms in total. The van der Waals surface area contributed by atoms with Crippen LogP contribution >= 0.6 is 0 Å². The molecule has 0 atom stereocenters. The molecular weight excluding hydrogens is 106 g/mol. The second-order valence-electron chi connectivity index (χ2n) is 1.25. The van der Waals surface area contributed by atoms with E-state index in [9.17, 15) is 4.79 Å². The zero-order valence-corrected chi connectivity index (χ0v) is 4.76. The summed E-state index contributed by atoms with van der Waals surface area (Å²) in [6, 6.07) is 0. The summed E-state index contributed by atoms with van der Waals surface area (Å²) in [7, 11) is 0. The standard InChI is InChI=1S/C5H9NO2/c1-2-3-4-5(7)8-6/h3-4H,2,6H2,1H3. The molecule has 0 aliphatic rings. The number of carbonyl (C=O) groups is 1. The molecule has 0 aromatic heterocycles. The van der Waals surface area contributed by atoms with Crippen LogP contribution in [0.4, 0.5) is 0 Å². The molecule has 0 aliphatic heterocycles. The van der Waals surface area contributed by atoms with Crippen LogP contribution in [0.5, 0.6) is 0 Å². The summed E-state index contributed by atoms with van der Waals surface area (Å²) in [5.74, 6) is 4.00. The summed E-state index contributed by atoms with van der Waals surface area (Å²) in [4.78, 5) is 14.0. The van der Waals surface area contributed by atoms with Crippen molar-refractivity contribution in [3.63, 3.8) is 0 Å². The Balaban J connectivity index is 3.37. The number of allylic oxidation sites excluding steroid dienone is 1. The molecule has 0 fully saturated rings. The first-order valence-electron chi connectivity index (χ1n) is 2.38. The molecule has 0 unspecified atom stereocenters. The topological polar surface area (TPSA) is 52.3 Å². The first kappa shape index (κ1) is 7.17. The van der Waals surface area contributed by atoms with Gasteiger partial charge in [0.2, 0.25) is 0 Å². The highest BCUT2D eigenvalue weighted by atomic mass is 16.7. The van der Waals surface area contributed by atoms with Crippen LogP contribution in [0, 0.1) is 0 Å². The van der Waals surface area contributed by atoms with Gasteiger partial charge >= 0.3 is 5.97 Å². The lowest BCUT2D eigenvalue weighted by Gasteiger charge is -1.84. The highest BCUT2D eigenvalue weighted by molar-refractivity contribution is 5.81. The number of hydrogen-bond acceptors (Lipinski definition) is 3. The highest BCUT2D eigenvalue weighted by Crippen LogP contribution is 1.79. The fourth-order valence-corrected chi connectivity index (χ4v) is 0.253. The minimum atomic E-state index is -0.508. The Kier molecular flexibility index (Phi) is 3.88. The van der Waals surface area contributed by atoms with Gasteiger partial charge in [0.25, 0.3) is 0 Å². The van der Waals surface area contributed by atoms with E-state index in [1.165, 1.54) is 6.08 Å². The Hall–Kier alpha value is -0.830. The van der Waals surface area contributed by atoms with Crippen LogP contribution < -0.4 is 5.90 Å². The largest absolute Gasteiger partial charge is 0.370 e. The van der Waals surface area contributed by atoms with Gasteiger partial charge in [0.15, 0.2) is 0 Å². The predicted molar refractivity (Wildman–Crippen MR) is 29.7 cm³/mol. The van der Waals surface area contributed by atoms with Crippen molar-refractivity contribution in [2.45, 2.75) is 13.3 Å². The summed E-state index contributed by atoms with van der Waals surface area (Å²) in [5.41, 5.74) is 0. The third-order valence-electron chi connectivity index (χ3n) is 0.606. The van der Waals surface area contributed by atoms with Crippen LogP contribution in [-0.4, -0.2) is 5.97 Å². The molecule has 0 spiro atoms. The molecule has 2 N–H and O–H groups in total. The first-order valence-corrected chi connectivity index (χ1v) is 2.38. The van der Waals surface area contributed by atoms with E-state index in [2.05, 4.69) is 10.7 Å². The van der Waals surface area contributed by atoms with Crippen molar-refractivity contribution >= 4 is 5.97 Å². The molecular formula is C5H9NO2. The monoisotopic (exact) mass is 115 g/mol. The van der Waals surface area contributed by atoms with Gasteiger partial charge in [0, 0.05) is 6.08 Å². The fourth-order valence-electron chi connectivity index (χ4n) is 0.253. The normalized spacial score (nSPS) is 9.75. The smallest absolute Gasteiger partial charge is 0.348 e. The van der Waals surface area contributed by atoms with E-state index in [0.29, 0.717) is 0 Å². The predicted octanol–water partition coefficient (Wildman–Crippen LogP) is 0.370. The van der Waals surface area contributed by atoms with Gasteiger partial charge in [-0.1, -0.05) is 13.0 Å². The van der Waals surface area contributed by atoms with Gasteiger partial charge in [-0.15, -0.1) is 0 Å². The van der Waals surface area contributed by atoms with Gasteiger partial charge in [0.05, 0.1) is 0 Å². The molecule has 8 heavy (non-hydrogen) atoms. The number of rotatable bonds is 2. The molecule has 0 amide bonds. The fraction of sp³-hybridized carbons (Fsp3) is 0.400. The van der Waals surface area contributed by atoms with Gasteiger partial charge in [-0.25, -0.2) is 4.79 Å². The molecule has 0 aliphatic carbocycles. The molecule has 0 aromatic carbocycles. The zero-order valence-electron chi connectivity index (χ0n) is 4.76. The summed E-state index contributed by atoms with van der Waals surface area (Å²) >= 11 is 0. The van der Waals surface area contributed by atoms with E-state index < -0.39 is 5.97 Å². The van der Waals surface area contributed by atoms with E-state index in [0.717, 1.165) is 6.42 Å². The third-order valence-corrected chi connectivity index (χ3v) is 0.606. The molecule has 3 heteroatoms. The zero-order chi connectivity index (χ0) is 6.41. The van der Waals surface area contributed by atoms with Crippen LogP contribution in [0.3, 0.4) is 0 Å². The molecule has 0 radical (unpaired) electrons. The van der Waals surface area contributed by atoms with E-state index in [1.807, 2.05) is 6.92 Å². The summed E-state index contributed by atoms with van der Waals surface area (Å²) < 4.78 is 0. The summed E-state index contributed by atoms with van der Waals surface area (Å²) in [6.45, 7) is 1.92. The van der Waals surface area contributed by atoms with Crippen molar-refractivity contribution in [2.75, 3.05) is 0 Å². The van der Waals surface area contributed by atoms with Gasteiger partial charge in [-0.05, 0) is 6.42 Å². The van der Waals surface area contributed by atoms with E-state index in [1.54, 1.807) is 6.08 Å². The Morgan fingerprint density at radius 3 is 2.88 bits per heavy atom. The van der Waals surface area contributed by atoms with Gasteiger partial charge in [-0.3, -0.25) is 0 Å². The second-order valence-corrected chi connectivity index (χ2v) is 1.25. The van der Waals surface area contributed by atoms with E-state index in [4.69, 9.17) is 0 Å². The van der Waals surface area contributed by atoms with Crippen LogP contribution in [0.15, 0.2) is 12.2 Å². The summed E-state index contributed by atoms with van der Waals surface area (Å²) in [6.07, 6.45) is 3.78. The quantitative estimate of drug-likeness (QED) is 0.418. The lowest BCUT2D eigenvalue weighted by atomic mass is 10.4. The van der Waals surface area contributed by atoms with E-state index in [-0.39, 0.29) is 0 Å². The minimum absolute atomic E-state index is 0.508. The molecule has 46 valence electrons. The average Bonchev–Trinajstić information content (AvgIpc) is 1.83. The van der Waals surface area contributed by atoms with Crippen molar-refractivity contribution < 1.29 is 9.63 Å². The minimum Gasteiger partial charge on any atom is -0.370 e. The SMILES string of the molecule is CCC=CC(=O)ON. The number of hydrogen-bond donors (Lipinski definition) is 1. The Morgan fingerprint density at radius 2 is 2.50 bits per heavy atom. The Bertz CT molecular complexity index is 98.6. The molecule has 0 saturated heterocycles. The molecule has 0 saturated carbocycles. The van der Waals surface area contributed by atoms with Gasteiger partial charge in [-0.2, -0.15) is 5.90 Å². The lowest BCUT2D eigenvalue weighted by molar-refractivity contribution is -0.138. The molecule has 0 bridgehead atoms. The average molecular weight is 115 g/mol. The molecule has 0 aromatic rings. The lowest BCUT2D eigenvalue weighted by Crippen LogP contribution is -2.05. The molecule has 0 heterocycles. The van der Waals surface area contributed by atoms with Crippen molar-refractivity contribution in [1.82, 2.24) is 0 Å². The van der Waals surface area contributed by atoms with Crippen LogP contribution in [0.1, 0.15) is 13.3 Å². The van der Waals surface area contributed by atoms with E-state index >= 15 is 0 Å². The van der Waals surface area contributed by atoms with Gasteiger partial charge in [0.1, 0.15) is 0 Å². The first-order chi connectivity index (χ1) is 3.81. The summed E-state index contributed by atoms with van der Waals surface area (Å²) in [5, 5.41) is 0. The number of carbonyl (C=O) groups excluding carboxylic acids is 1. The highest BCUT2D eigenvalue weighted by Gasteiger charge is 1.86. The van der Waals surface area contributed by atoms with Crippen molar-refractivity contribution in [1.29, 1.82) is 0 Å². The van der Waals surface area contributed by atoms with Crippen LogP contribution in [0.2, 0.25) is 0 Å². The molecule has 0 rings (SSSR count). The maximum Gasteiger partial charge on any atom is 0.348 e. The van der Waals surface area contributed by atoms with Crippen molar-refractivity contribution in [2.24, 2.45) is 5.90 Å².